The van der Waals surface area contributed by atoms with Gasteiger partial charge in [-0.1, -0.05) is 0 Å². The quantitative estimate of drug-likeness (QED) is 0.766. The Labute approximate surface area is 99.5 Å². The van der Waals surface area contributed by atoms with Crippen LogP contribution in [0.5, 0.6) is 0 Å². The summed E-state index contributed by atoms with van der Waals surface area (Å²) in [5, 5.41) is 8.82. The van der Waals surface area contributed by atoms with E-state index in [-0.39, 0.29) is 5.82 Å². The minimum Gasteiger partial charge on any atom is -0.480 e. The van der Waals surface area contributed by atoms with Crippen LogP contribution in [0.3, 0.4) is 0 Å². The molecule has 1 aromatic heterocycles. The van der Waals surface area contributed by atoms with Crippen LogP contribution in [0, 0.1) is 0 Å². The molecule has 0 bridgehead atoms. The van der Waals surface area contributed by atoms with Crippen LogP contribution in [0.15, 0.2) is 12.3 Å². The second kappa shape index (κ2) is 4.77. The molecule has 2 unspecified atom stereocenters. The Morgan fingerprint density at radius 2 is 2.47 bits per heavy atom. The highest BCUT2D eigenvalue weighted by Gasteiger charge is 2.24. The van der Waals surface area contributed by atoms with Gasteiger partial charge in [-0.15, -0.1) is 0 Å². The molecule has 1 aliphatic rings. The second-order valence-electron chi connectivity index (χ2n) is 4.40. The second-order valence-corrected chi connectivity index (χ2v) is 4.40. The number of likely N-dealkylation sites (tertiary alicyclic amines) is 1. The SMILES string of the molecule is CN1CCC(c2ccnc(C(N)C(=O)O)n2)C1. The molecule has 0 radical (unpaired) electrons. The molecule has 92 valence electrons. The van der Waals surface area contributed by atoms with E-state index in [4.69, 9.17) is 10.8 Å². The summed E-state index contributed by atoms with van der Waals surface area (Å²) in [5.41, 5.74) is 6.38. The number of nitrogens with zero attached hydrogens (tertiary/aromatic N) is 3. The van der Waals surface area contributed by atoms with Gasteiger partial charge >= 0.3 is 5.97 Å². The molecule has 0 aromatic carbocycles. The third-order valence-corrected chi connectivity index (χ3v) is 3.05. The lowest BCUT2D eigenvalue weighted by Crippen LogP contribution is -2.24. The smallest absolute Gasteiger partial charge is 0.328 e. The van der Waals surface area contributed by atoms with Crippen molar-refractivity contribution in [3.63, 3.8) is 0 Å². The van der Waals surface area contributed by atoms with Crippen LogP contribution in [0.1, 0.15) is 29.9 Å². The van der Waals surface area contributed by atoms with Gasteiger partial charge in [-0.3, -0.25) is 4.79 Å². The lowest BCUT2D eigenvalue weighted by molar-refractivity contribution is -0.138. The van der Waals surface area contributed by atoms with Gasteiger partial charge in [0.05, 0.1) is 0 Å². The van der Waals surface area contributed by atoms with E-state index in [0.717, 1.165) is 25.2 Å². The first-order valence-electron chi connectivity index (χ1n) is 5.57. The van der Waals surface area contributed by atoms with Crippen molar-refractivity contribution in [2.24, 2.45) is 5.73 Å². The molecule has 2 atom stereocenters. The van der Waals surface area contributed by atoms with Crippen LogP contribution in [-0.2, 0) is 4.79 Å². The molecule has 6 nitrogen and oxygen atoms in total. The van der Waals surface area contributed by atoms with Crippen LogP contribution in [-0.4, -0.2) is 46.1 Å². The Morgan fingerprint density at radius 3 is 3.06 bits per heavy atom. The molecular formula is C11H16N4O2. The molecule has 1 fully saturated rings. The maximum absolute atomic E-state index is 10.8. The van der Waals surface area contributed by atoms with Gasteiger partial charge < -0.3 is 15.7 Å². The zero-order valence-electron chi connectivity index (χ0n) is 9.71. The van der Waals surface area contributed by atoms with Crippen molar-refractivity contribution < 1.29 is 9.90 Å². The molecule has 2 heterocycles. The summed E-state index contributed by atoms with van der Waals surface area (Å²) < 4.78 is 0. The summed E-state index contributed by atoms with van der Waals surface area (Å²) in [6, 6.07) is 0.691. The molecule has 0 saturated carbocycles. The summed E-state index contributed by atoms with van der Waals surface area (Å²) in [6.07, 6.45) is 2.62. The van der Waals surface area contributed by atoms with Crippen molar-refractivity contribution in [3.8, 4) is 0 Å². The van der Waals surface area contributed by atoms with E-state index < -0.39 is 12.0 Å². The Morgan fingerprint density at radius 1 is 1.71 bits per heavy atom. The molecule has 0 amide bonds. The molecule has 2 rings (SSSR count). The van der Waals surface area contributed by atoms with Gasteiger partial charge in [0.25, 0.3) is 0 Å². The van der Waals surface area contributed by atoms with Crippen LogP contribution < -0.4 is 5.73 Å². The van der Waals surface area contributed by atoms with Gasteiger partial charge in [-0.25, -0.2) is 9.97 Å². The fourth-order valence-corrected chi connectivity index (χ4v) is 2.05. The summed E-state index contributed by atoms with van der Waals surface area (Å²) in [6.45, 7) is 1.98. The minimum atomic E-state index is -1.14. The fourth-order valence-electron chi connectivity index (χ4n) is 2.05. The molecule has 6 heteroatoms. The molecule has 3 N–H and O–H groups in total. The number of nitrogens with two attached hydrogens (primary N) is 1. The number of aromatic nitrogens is 2. The minimum absolute atomic E-state index is 0.185. The zero-order chi connectivity index (χ0) is 12.4. The first-order chi connectivity index (χ1) is 8.08. The summed E-state index contributed by atoms with van der Waals surface area (Å²) in [7, 11) is 2.06. The third-order valence-electron chi connectivity index (χ3n) is 3.05. The van der Waals surface area contributed by atoms with E-state index in [0.29, 0.717) is 5.92 Å². The maximum Gasteiger partial charge on any atom is 0.328 e. The standard InChI is InChI=1S/C11H16N4O2/c1-15-5-3-7(6-15)8-2-4-13-10(14-8)9(12)11(16)17/h2,4,7,9H,3,5-6,12H2,1H3,(H,16,17). The Bertz CT molecular complexity index is 424. The summed E-state index contributed by atoms with van der Waals surface area (Å²) in [5.74, 6) is -0.571. The maximum atomic E-state index is 10.8. The number of carboxylic acid groups (broad SMARTS) is 1. The topological polar surface area (TPSA) is 92.3 Å². The molecule has 17 heavy (non-hydrogen) atoms. The first-order valence-corrected chi connectivity index (χ1v) is 5.57. The largest absolute Gasteiger partial charge is 0.480 e. The van der Waals surface area contributed by atoms with E-state index >= 15 is 0 Å². The number of likely N-dealkylation sites (N-methyl/N-ethyl adjacent to an activating group) is 1. The molecule has 1 saturated heterocycles. The Balaban J connectivity index is 2.19. The molecular weight excluding hydrogens is 220 g/mol. The van der Waals surface area contributed by atoms with E-state index in [1.807, 2.05) is 6.07 Å². The normalized spacial score (nSPS) is 22.6. The highest BCUT2D eigenvalue weighted by Crippen LogP contribution is 2.24. The van der Waals surface area contributed by atoms with Crippen LogP contribution in [0.2, 0.25) is 0 Å². The number of rotatable bonds is 3. The fraction of sp³-hybridized carbons (Fsp3) is 0.545. The summed E-state index contributed by atoms with van der Waals surface area (Å²) >= 11 is 0. The van der Waals surface area contributed by atoms with Crippen molar-refractivity contribution in [2.75, 3.05) is 20.1 Å². The number of hydrogen-bond donors (Lipinski definition) is 2. The lowest BCUT2D eigenvalue weighted by Gasteiger charge is -2.12. The predicted octanol–water partition coefficient (Wildman–Crippen LogP) is -0.0199. The van der Waals surface area contributed by atoms with Crippen molar-refractivity contribution in [2.45, 2.75) is 18.4 Å². The summed E-state index contributed by atoms with van der Waals surface area (Å²) in [4.78, 5) is 21.2. The van der Waals surface area contributed by atoms with Gasteiger partial charge in [0, 0.05) is 24.4 Å². The third kappa shape index (κ3) is 2.59. The van der Waals surface area contributed by atoms with Gasteiger partial charge in [0.2, 0.25) is 0 Å². The van der Waals surface area contributed by atoms with E-state index in [1.165, 1.54) is 0 Å². The number of aliphatic carboxylic acids is 1. The van der Waals surface area contributed by atoms with Crippen LogP contribution in [0.4, 0.5) is 0 Å². The average molecular weight is 236 g/mol. The van der Waals surface area contributed by atoms with E-state index in [2.05, 4.69) is 21.9 Å². The Hall–Kier alpha value is -1.53. The van der Waals surface area contributed by atoms with Crippen molar-refractivity contribution in [1.29, 1.82) is 0 Å². The monoisotopic (exact) mass is 236 g/mol. The van der Waals surface area contributed by atoms with Gasteiger partial charge in [0.1, 0.15) is 0 Å². The number of carboxylic acids is 1. The Kier molecular flexibility index (Phi) is 3.35. The van der Waals surface area contributed by atoms with Crippen LogP contribution in [0.25, 0.3) is 0 Å². The van der Waals surface area contributed by atoms with E-state index in [1.54, 1.807) is 6.20 Å². The highest BCUT2D eigenvalue weighted by atomic mass is 16.4. The molecule has 1 aromatic rings. The molecule has 0 aliphatic carbocycles. The van der Waals surface area contributed by atoms with Crippen molar-refractivity contribution >= 4 is 5.97 Å². The molecule has 0 spiro atoms. The van der Waals surface area contributed by atoms with Crippen LogP contribution >= 0.6 is 0 Å². The number of carbonyl (C=O) groups is 1. The highest BCUT2D eigenvalue weighted by molar-refractivity contribution is 5.73. The zero-order valence-corrected chi connectivity index (χ0v) is 9.71. The average Bonchev–Trinajstić information content (AvgIpc) is 2.75. The van der Waals surface area contributed by atoms with Crippen molar-refractivity contribution in [3.05, 3.63) is 23.8 Å². The predicted molar refractivity (Wildman–Crippen MR) is 61.5 cm³/mol. The lowest BCUT2D eigenvalue weighted by atomic mass is 10.0. The number of hydrogen-bond acceptors (Lipinski definition) is 5. The van der Waals surface area contributed by atoms with Gasteiger partial charge in [-0.2, -0.15) is 0 Å². The van der Waals surface area contributed by atoms with Gasteiger partial charge in [0.15, 0.2) is 11.9 Å². The first kappa shape index (κ1) is 11.9. The van der Waals surface area contributed by atoms with Gasteiger partial charge in [-0.05, 0) is 26.1 Å². The van der Waals surface area contributed by atoms with Crippen molar-refractivity contribution in [1.82, 2.24) is 14.9 Å². The van der Waals surface area contributed by atoms with E-state index in [9.17, 15) is 4.79 Å². The molecule has 1 aliphatic heterocycles.